The van der Waals surface area contributed by atoms with E-state index in [1.165, 1.54) is 0 Å². The van der Waals surface area contributed by atoms with E-state index >= 15 is 0 Å². The van der Waals surface area contributed by atoms with Gasteiger partial charge in [0.15, 0.2) is 8.32 Å². The third-order valence-electron chi connectivity index (χ3n) is 2.66. The molecule has 0 N–H and O–H groups in total. The summed E-state index contributed by atoms with van der Waals surface area (Å²) >= 11 is 0. The Labute approximate surface area is 103 Å². The van der Waals surface area contributed by atoms with Crippen LogP contribution in [0.2, 0.25) is 32.2 Å². The molecule has 0 amide bonds. The molecule has 0 saturated heterocycles. The van der Waals surface area contributed by atoms with Crippen LogP contribution in [0.5, 0.6) is 0 Å². The topological polar surface area (TPSA) is 36.9 Å². The van der Waals surface area contributed by atoms with Gasteiger partial charge < -0.3 is 17.4 Å². The minimum atomic E-state index is -2.63. The van der Waals surface area contributed by atoms with Crippen molar-refractivity contribution >= 4 is 24.5 Å². The van der Waals surface area contributed by atoms with Crippen molar-refractivity contribution in [1.82, 2.24) is 0 Å². The molecule has 1 unspecified atom stereocenters. The van der Waals surface area contributed by atoms with Gasteiger partial charge in [-0.2, -0.15) is 0 Å². The number of hydrogen-bond donors (Lipinski definition) is 0. The molecule has 0 aromatic rings. The molecule has 16 heavy (non-hydrogen) atoms. The van der Waals surface area contributed by atoms with E-state index in [9.17, 15) is 0 Å². The molecule has 0 spiro atoms. The maximum atomic E-state index is 6.38. The summed E-state index contributed by atoms with van der Waals surface area (Å²) in [6, 6.07) is 0.943. The summed E-state index contributed by atoms with van der Waals surface area (Å²) in [5.74, 6) is 0. The average Bonchev–Trinajstić information content (AvgIpc) is 2.18. The maximum absolute atomic E-state index is 6.38. The van der Waals surface area contributed by atoms with Crippen LogP contribution < -0.4 is 0 Å². The maximum Gasteiger partial charge on any atom is 0.501 e. The summed E-state index contributed by atoms with van der Waals surface area (Å²) in [6.07, 6.45) is 0. The molecule has 0 saturated carbocycles. The Morgan fingerprint density at radius 3 is 1.38 bits per heavy atom. The van der Waals surface area contributed by atoms with Crippen LogP contribution in [0.4, 0.5) is 0 Å². The Morgan fingerprint density at radius 1 is 0.812 bits per heavy atom. The Bertz CT molecular complexity index is 207. The second kappa shape index (κ2) is 5.89. The molecule has 98 valence electrons. The van der Waals surface area contributed by atoms with Gasteiger partial charge in [0, 0.05) is 21.3 Å². The zero-order valence-electron chi connectivity index (χ0n) is 11.8. The molecule has 0 fully saturated rings. The van der Waals surface area contributed by atoms with Gasteiger partial charge in [-0.3, -0.25) is 0 Å². The summed E-state index contributed by atoms with van der Waals surface area (Å²) in [5, 5.41) is 0. The van der Waals surface area contributed by atoms with Gasteiger partial charge >= 0.3 is 8.32 Å². The van der Waals surface area contributed by atoms with Gasteiger partial charge in [0.25, 0.3) is 7.83 Å². The van der Waals surface area contributed by atoms with Crippen LogP contribution in [0.1, 0.15) is 6.92 Å². The van der Waals surface area contributed by atoms with Gasteiger partial charge in [0.1, 0.15) is 0 Å². The van der Waals surface area contributed by atoms with Crippen LogP contribution >= 0.6 is 0 Å². The highest BCUT2D eigenvalue weighted by atomic mass is 29.3. The first-order valence-electron chi connectivity index (χ1n) is 5.56. The van der Waals surface area contributed by atoms with Gasteiger partial charge in [0.2, 0.25) is 0 Å². The van der Waals surface area contributed by atoms with Crippen molar-refractivity contribution in [2.45, 2.75) is 39.2 Å². The molecule has 4 nitrogen and oxygen atoms in total. The molecule has 0 bridgehead atoms. The van der Waals surface area contributed by atoms with Crippen LogP contribution in [-0.4, -0.2) is 45.8 Å². The number of rotatable bonds is 7. The van der Waals surface area contributed by atoms with Crippen molar-refractivity contribution < 1.29 is 17.4 Å². The van der Waals surface area contributed by atoms with Gasteiger partial charge in [-0.25, -0.2) is 0 Å². The highest BCUT2D eigenvalue weighted by Crippen LogP contribution is 2.29. The molecule has 0 radical (unpaired) electrons. The van der Waals surface area contributed by atoms with Crippen LogP contribution in [0, 0.1) is 0 Å². The van der Waals surface area contributed by atoms with Crippen molar-refractivity contribution in [3.05, 3.63) is 0 Å². The molecule has 0 rings (SSSR count). The first kappa shape index (κ1) is 16.5. The van der Waals surface area contributed by atoms with Crippen molar-refractivity contribution in [3.8, 4) is 0 Å². The average molecular weight is 283 g/mol. The van der Waals surface area contributed by atoms with Crippen LogP contribution in [-0.2, 0) is 17.4 Å². The lowest BCUT2D eigenvalue weighted by Gasteiger charge is -2.42. The molecular formula is C9H26O4Si3. The Balaban J connectivity index is 5.18. The van der Waals surface area contributed by atoms with Gasteiger partial charge in [0.05, 0.1) is 0 Å². The van der Waals surface area contributed by atoms with E-state index in [0.29, 0.717) is 0 Å². The minimum absolute atomic E-state index is 0.943. The zero-order valence-corrected chi connectivity index (χ0v) is 14.8. The second-order valence-corrected chi connectivity index (χ2v) is 20.5. The fourth-order valence-electron chi connectivity index (χ4n) is 1.92. The summed E-state index contributed by atoms with van der Waals surface area (Å²) in [5.41, 5.74) is 0. The largest absolute Gasteiger partial charge is 0.501 e. The molecule has 0 aliphatic carbocycles. The lowest BCUT2D eigenvalue weighted by Crippen LogP contribution is -2.69. The third-order valence-corrected chi connectivity index (χ3v) is 18.9. The van der Waals surface area contributed by atoms with E-state index in [1.54, 1.807) is 21.3 Å². The predicted molar refractivity (Wildman–Crippen MR) is 73.3 cm³/mol. The number of hydrogen-bond acceptors (Lipinski definition) is 4. The standard InChI is InChI=1S/C9H26O4Si3/c1-9-15(8,13-14(5,6)7)16(10-2,11-3)12-4/h9H2,1-8H3. The molecule has 0 aliphatic heterocycles. The fourth-order valence-corrected chi connectivity index (χ4v) is 19.7. The smallest absolute Gasteiger partial charge is 0.452 e. The van der Waals surface area contributed by atoms with Crippen molar-refractivity contribution in [2.75, 3.05) is 21.3 Å². The summed E-state index contributed by atoms with van der Waals surface area (Å²) in [4.78, 5) is 0. The van der Waals surface area contributed by atoms with E-state index < -0.39 is 24.5 Å². The normalized spacial score (nSPS) is 17.2. The molecule has 0 heterocycles. The summed E-state index contributed by atoms with van der Waals surface area (Å²) < 4.78 is 23.2. The molecule has 7 heteroatoms. The van der Waals surface area contributed by atoms with E-state index in [0.717, 1.165) is 6.04 Å². The third kappa shape index (κ3) is 3.49. The van der Waals surface area contributed by atoms with Crippen LogP contribution in [0.15, 0.2) is 0 Å². The van der Waals surface area contributed by atoms with Crippen molar-refractivity contribution in [3.63, 3.8) is 0 Å². The van der Waals surface area contributed by atoms with Crippen molar-refractivity contribution in [1.29, 1.82) is 0 Å². The first-order chi connectivity index (χ1) is 7.20. The predicted octanol–water partition coefficient (Wildman–Crippen LogP) is 2.39. The Morgan fingerprint density at radius 2 is 1.19 bits per heavy atom. The van der Waals surface area contributed by atoms with E-state index in [4.69, 9.17) is 17.4 Å². The molecule has 0 aliphatic rings. The lowest BCUT2D eigenvalue weighted by molar-refractivity contribution is 0.139. The highest BCUT2D eigenvalue weighted by Gasteiger charge is 2.60. The van der Waals surface area contributed by atoms with Crippen LogP contribution in [0.3, 0.4) is 0 Å². The minimum Gasteiger partial charge on any atom is -0.452 e. The Hall–Kier alpha value is 0.491. The fraction of sp³-hybridized carbons (Fsp3) is 1.00. The monoisotopic (exact) mass is 282 g/mol. The Kier molecular flexibility index (Phi) is 6.08. The van der Waals surface area contributed by atoms with E-state index in [2.05, 4.69) is 33.1 Å². The zero-order chi connectivity index (χ0) is 13.0. The van der Waals surface area contributed by atoms with Crippen LogP contribution in [0.25, 0.3) is 0 Å². The van der Waals surface area contributed by atoms with E-state index in [1.807, 2.05) is 0 Å². The quantitative estimate of drug-likeness (QED) is 0.672. The van der Waals surface area contributed by atoms with Gasteiger partial charge in [-0.15, -0.1) is 0 Å². The first-order valence-corrected chi connectivity index (χ1v) is 14.3. The SMILES string of the molecule is CC[Si](C)(O[Si](C)(C)C)[Si](OC)(OC)OC. The molecular weight excluding hydrogens is 256 g/mol. The van der Waals surface area contributed by atoms with Gasteiger partial charge in [-0.1, -0.05) is 6.92 Å². The van der Waals surface area contributed by atoms with E-state index in [-0.39, 0.29) is 0 Å². The second-order valence-electron chi connectivity index (χ2n) is 4.97. The molecule has 0 aromatic heterocycles. The van der Waals surface area contributed by atoms with Crippen molar-refractivity contribution in [2.24, 2.45) is 0 Å². The summed E-state index contributed by atoms with van der Waals surface area (Å²) in [6.45, 7) is 10.9. The molecule has 1 atom stereocenters. The highest BCUT2D eigenvalue weighted by molar-refractivity contribution is 7.33. The lowest BCUT2D eigenvalue weighted by atomic mass is 11.0. The summed E-state index contributed by atoms with van der Waals surface area (Å²) in [7, 11) is -1.37. The van der Waals surface area contributed by atoms with Gasteiger partial charge in [-0.05, 0) is 32.2 Å². The molecule has 0 aromatic carbocycles.